The fraction of sp³-hybridized carbons (Fsp3) is 0.562. The van der Waals surface area contributed by atoms with Crippen LogP contribution in [-0.4, -0.2) is 30.4 Å². The molecular weight excluding hydrogens is 236 g/mol. The van der Waals surface area contributed by atoms with Gasteiger partial charge in [0, 0.05) is 18.7 Å². The monoisotopic (exact) mass is 260 g/mol. The fourth-order valence-electron chi connectivity index (χ4n) is 3.02. The van der Waals surface area contributed by atoms with Crippen LogP contribution in [0.5, 0.6) is 0 Å². The molecular formula is C16H24N2O. The first kappa shape index (κ1) is 14.1. The molecule has 1 aliphatic rings. The van der Waals surface area contributed by atoms with Gasteiger partial charge in [0.1, 0.15) is 0 Å². The Morgan fingerprint density at radius 3 is 2.53 bits per heavy atom. The highest BCUT2D eigenvalue weighted by atomic mass is 16.2. The van der Waals surface area contributed by atoms with Crippen LogP contribution in [0.4, 0.5) is 0 Å². The summed E-state index contributed by atoms with van der Waals surface area (Å²) in [6.07, 6.45) is 4.67. The third kappa shape index (κ3) is 3.16. The summed E-state index contributed by atoms with van der Waals surface area (Å²) in [6.45, 7) is 2.71. The highest BCUT2D eigenvalue weighted by Crippen LogP contribution is 2.28. The number of benzene rings is 1. The molecule has 2 atom stereocenters. The van der Waals surface area contributed by atoms with Gasteiger partial charge in [-0.15, -0.1) is 0 Å². The third-order valence-electron chi connectivity index (χ3n) is 4.29. The van der Waals surface area contributed by atoms with Crippen molar-refractivity contribution in [1.29, 1.82) is 0 Å². The van der Waals surface area contributed by atoms with E-state index in [0.717, 1.165) is 18.4 Å². The molecule has 0 saturated heterocycles. The zero-order valence-electron chi connectivity index (χ0n) is 11.9. The van der Waals surface area contributed by atoms with Gasteiger partial charge < -0.3 is 10.6 Å². The van der Waals surface area contributed by atoms with Crippen LogP contribution < -0.4 is 5.73 Å². The molecule has 1 aliphatic carbocycles. The summed E-state index contributed by atoms with van der Waals surface area (Å²) in [6, 6.07) is 8.10. The second-order valence-electron chi connectivity index (χ2n) is 5.63. The number of hydrogen-bond acceptors (Lipinski definition) is 2. The van der Waals surface area contributed by atoms with Gasteiger partial charge in [0.15, 0.2) is 0 Å². The fourth-order valence-corrected chi connectivity index (χ4v) is 3.02. The van der Waals surface area contributed by atoms with Crippen molar-refractivity contribution in [2.45, 2.75) is 38.6 Å². The molecule has 104 valence electrons. The molecule has 0 bridgehead atoms. The van der Waals surface area contributed by atoms with Crippen molar-refractivity contribution in [3.8, 4) is 0 Å². The molecule has 0 aliphatic heterocycles. The number of rotatable bonds is 3. The van der Waals surface area contributed by atoms with Crippen molar-refractivity contribution in [3.63, 3.8) is 0 Å². The van der Waals surface area contributed by atoms with E-state index in [2.05, 4.69) is 0 Å². The standard InChI is InChI=1S/C16H24N2O/c1-12-7-9-13(10-8-12)16(19)18(2)15-6-4-3-5-14(15)11-17/h7-10,14-15H,3-6,11,17H2,1-2H3. The second-order valence-corrected chi connectivity index (χ2v) is 5.63. The van der Waals surface area contributed by atoms with E-state index in [1.165, 1.54) is 18.4 Å². The van der Waals surface area contributed by atoms with Crippen molar-refractivity contribution in [2.75, 3.05) is 13.6 Å². The van der Waals surface area contributed by atoms with E-state index in [9.17, 15) is 4.79 Å². The van der Waals surface area contributed by atoms with E-state index in [4.69, 9.17) is 5.73 Å². The van der Waals surface area contributed by atoms with Crippen LogP contribution in [-0.2, 0) is 0 Å². The van der Waals surface area contributed by atoms with Crippen molar-refractivity contribution < 1.29 is 4.79 Å². The molecule has 2 unspecified atom stereocenters. The number of hydrogen-bond donors (Lipinski definition) is 1. The van der Waals surface area contributed by atoms with E-state index in [1.54, 1.807) is 0 Å². The number of carbonyl (C=O) groups excluding carboxylic acids is 1. The molecule has 2 rings (SSSR count). The summed E-state index contributed by atoms with van der Waals surface area (Å²) in [5.74, 6) is 0.568. The minimum Gasteiger partial charge on any atom is -0.338 e. The number of nitrogens with zero attached hydrogens (tertiary/aromatic N) is 1. The van der Waals surface area contributed by atoms with Crippen LogP contribution in [0.15, 0.2) is 24.3 Å². The summed E-state index contributed by atoms with van der Waals surface area (Å²) in [7, 11) is 1.92. The summed E-state index contributed by atoms with van der Waals surface area (Å²) in [4.78, 5) is 14.4. The van der Waals surface area contributed by atoms with Gasteiger partial charge in [-0.25, -0.2) is 0 Å². The maximum atomic E-state index is 12.5. The van der Waals surface area contributed by atoms with Gasteiger partial charge in [-0.2, -0.15) is 0 Å². The number of nitrogens with two attached hydrogens (primary N) is 1. The minimum absolute atomic E-state index is 0.116. The quantitative estimate of drug-likeness (QED) is 0.908. The lowest BCUT2D eigenvalue weighted by Gasteiger charge is -2.37. The molecule has 3 nitrogen and oxygen atoms in total. The van der Waals surface area contributed by atoms with Crippen LogP contribution in [0.25, 0.3) is 0 Å². The van der Waals surface area contributed by atoms with E-state index in [1.807, 2.05) is 43.1 Å². The summed E-state index contributed by atoms with van der Waals surface area (Å²) in [5.41, 5.74) is 7.80. The van der Waals surface area contributed by atoms with Gasteiger partial charge in [0.25, 0.3) is 5.91 Å². The number of carbonyl (C=O) groups is 1. The lowest BCUT2D eigenvalue weighted by molar-refractivity contribution is 0.0620. The van der Waals surface area contributed by atoms with E-state index < -0.39 is 0 Å². The number of aryl methyl sites for hydroxylation is 1. The molecule has 1 aromatic carbocycles. The first-order valence-corrected chi connectivity index (χ1v) is 7.17. The SMILES string of the molecule is Cc1ccc(C(=O)N(C)C2CCCCC2CN)cc1. The predicted octanol–water partition coefficient (Wildman–Crippen LogP) is 2.58. The molecule has 1 fully saturated rings. The Labute approximate surface area is 115 Å². The molecule has 0 heterocycles. The molecule has 0 aromatic heterocycles. The molecule has 0 radical (unpaired) electrons. The highest BCUT2D eigenvalue weighted by molar-refractivity contribution is 5.94. The van der Waals surface area contributed by atoms with Crippen molar-refractivity contribution in [3.05, 3.63) is 35.4 Å². The Bertz CT molecular complexity index is 427. The molecule has 3 heteroatoms. The zero-order chi connectivity index (χ0) is 13.8. The van der Waals surface area contributed by atoms with Gasteiger partial charge in [0.05, 0.1) is 0 Å². The Morgan fingerprint density at radius 1 is 1.26 bits per heavy atom. The first-order valence-electron chi connectivity index (χ1n) is 7.17. The normalized spacial score (nSPS) is 23.1. The molecule has 1 amide bonds. The van der Waals surface area contributed by atoms with Gasteiger partial charge >= 0.3 is 0 Å². The van der Waals surface area contributed by atoms with E-state index in [-0.39, 0.29) is 5.91 Å². The maximum absolute atomic E-state index is 12.5. The highest BCUT2D eigenvalue weighted by Gasteiger charge is 2.30. The Balaban J connectivity index is 2.11. The Hall–Kier alpha value is -1.35. The maximum Gasteiger partial charge on any atom is 0.253 e. The summed E-state index contributed by atoms with van der Waals surface area (Å²) in [5, 5.41) is 0. The Kier molecular flexibility index (Phi) is 4.59. The zero-order valence-corrected chi connectivity index (χ0v) is 11.9. The first-order chi connectivity index (χ1) is 9.13. The van der Waals surface area contributed by atoms with Gasteiger partial charge in [0.2, 0.25) is 0 Å². The van der Waals surface area contributed by atoms with Crippen LogP contribution >= 0.6 is 0 Å². The largest absolute Gasteiger partial charge is 0.338 e. The van der Waals surface area contributed by atoms with Gasteiger partial charge in [-0.05, 0) is 44.4 Å². The van der Waals surface area contributed by atoms with Crippen LogP contribution in [0.1, 0.15) is 41.6 Å². The molecule has 2 N–H and O–H groups in total. The molecule has 1 aromatic rings. The van der Waals surface area contributed by atoms with Crippen LogP contribution in [0, 0.1) is 12.8 Å². The summed E-state index contributed by atoms with van der Waals surface area (Å²) < 4.78 is 0. The van der Waals surface area contributed by atoms with E-state index >= 15 is 0 Å². The minimum atomic E-state index is 0.116. The smallest absolute Gasteiger partial charge is 0.253 e. The third-order valence-corrected chi connectivity index (χ3v) is 4.29. The van der Waals surface area contributed by atoms with Gasteiger partial charge in [-0.1, -0.05) is 30.5 Å². The molecule has 0 spiro atoms. The topological polar surface area (TPSA) is 46.3 Å². The lowest BCUT2D eigenvalue weighted by atomic mass is 9.83. The second kappa shape index (κ2) is 6.20. The number of amides is 1. The van der Waals surface area contributed by atoms with Crippen molar-refractivity contribution in [1.82, 2.24) is 4.90 Å². The average Bonchev–Trinajstić information content (AvgIpc) is 2.46. The van der Waals surface area contributed by atoms with Gasteiger partial charge in [-0.3, -0.25) is 4.79 Å². The lowest BCUT2D eigenvalue weighted by Crippen LogP contribution is -2.45. The van der Waals surface area contributed by atoms with Crippen LogP contribution in [0.2, 0.25) is 0 Å². The summed E-state index contributed by atoms with van der Waals surface area (Å²) >= 11 is 0. The van der Waals surface area contributed by atoms with Crippen molar-refractivity contribution >= 4 is 5.91 Å². The van der Waals surface area contributed by atoms with Crippen molar-refractivity contribution in [2.24, 2.45) is 11.7 Å². The average molecular weight is 260 g/mol. The Morgan fingerprint density at radius 2 is 1.89 bits per heavy atom. The molecule has 1 saturated carbocycles. The molecule has 19 heavy (non-hydrogen) atoms. The predicted molar refractivity (Wildman–Crippen MR) is 78.1 cm³/mol. The van der Waals surface area contributed by atoms with E-state index in [0.29, 0.717) is 18.5 Å². The van der Waals surface area contributed by atoms with Crippen LogP contribution in [0.3, 0.4) is 0 Å².